The molecule has 0 saturated heterocycles. The third kappa shape index (κ3) is 2.76. The molecule has 2 N–H and O–H groups in total. The summed E-state index contributed by atoms with van der Waals surface area (Å²) in [7, 11) is 0. The van der Waals surface area contributed by atoms with Crippen LogP contribution < -0.4 is 5.73 Å². The molecule has 2 rings (SSSR count). The lowest BCUT2D eigenvalue weighted by Crippen LogP contribution is -2.11. The summed E-state index contributed by atoms with van der Waals surface area (Å²) in [6, 6.07) is 5.77. The molecule has 0 spiro atoms. The third-order valence-electron chi connectivity index (χ3n) is 2.50. The van der Waals surface area contributed by atoms with Crippen molar-refractivity contribution in [2.75, 3.05) is 0 Å². The zero-order valence-electron chi connectivity index (χ0n) is 9.01. The Bertz CT molecular complexity index is 553. The van der Waals surface area contributed by atoms with Gasteiger partial charge in [0, 0.05) is 13.8 Å². The smallest absolute Gasteiger partial charge is 0.0672 e. The average Bonchev–Trinajstić information content (AvgIpc) is 2.62. The highest BCUT2D eigenvalue weighted by molar-refractivity contribution is 9.11. The molecule has 5 heteroatoms. The number of rotatable bonds is 2. The minimum absolute atomic E-state index is 0.201. The monoisotopic (exact) mass is 393 g/mol. The first-order valence-electron chi connectivity index (χ1n) is 4.94. The lowest BCUT2D eigenvalue weighted by molar-refractivity contribution is 0.885. The fraction of sp³-hybridized carbons (Fsp3) is 0.167. The first-order valence-corrected chi connectivity index (χ1v) is 7.79. The fourth-order valence-electron chi connectivity index (χ4n) is 1.55. The molecule has 90 valence electrons. The van der Waals surface area contributed by atoms with Gasteiger partial charge in [0.15, 0.2) is 0 Å². The number of aryl methyl sites for hydroxylation is 1. The molecule has 1 unspecified atom stereocenters. The summed E-state index contributed by atoms with van der Waals surface area (Å²) in [6.07, 6.45) is 0. The normalized spacial score (nSPS) is 12.8. The Hall–Kier alpha value is 0.130. The maximum absolute atomic E-state index is 6.28. The fourth-order valence-corrected chi connectivity index (χ4v) is 3.76. The third-order valence-corrected chi connectivity index (χ3v) is 5.51. The van der Waals surface area contributed by atoms with Crippen molar-refractivity contribution < 1.29 is 0 Å². The van der Waals surface area contributed by atoms with Crippen molar-refractivity contribution in [3.8, 4) is 0 Å². The van der Waals surface area contributed by atoms with Gasteiger partial charge >= 0.3 is 0 Å². The van der Waals surface area contributed by atoms with Gasteiger partial charge in [0.25, 0.3) is 0 Å². The van der Waals surface area contributed by atoms with Crippen LogP contribution in [0.4, 0.5) is 0 Å². The highest BCUT2D eigenvalue weighted by Crippen LogP contribution is 2.37. The van der Waals surface area contributed by atoms with E-state index in [2.05, 4.69) is 31.9 Å². The predicted octanol–water partition coefficient (Wildman–Crippen LogP) is 5.28. The minimum atomic E-state index is -0.201. The molecule has 0 aliphatic carbocycles. The van der Waals surface area contributed by atoms with Gasteiger partial charge in [-0.25, -0.2) is 0 Å². The molecule has 1 aromatic heterocycles. The van der Waals surface area contributed by atoms with Crippen molar-refractivity contribution >= 4 is 54.8 Å². The van der Waals surface area contributed by atoms with E-state index in [0.717, 1.165) is 30.0 Å². The summed E-state index contributed by atoms with van der Waals surface area (Å²) in [5.41, 5.74) is 8.38. The molecular formula is C12H10Br2ClNS. The van der Waals surface area contributed by atoms with Gasteiger partial charge in [-0.05, 0) is 41.6 Å². The molecule has 0 amide bonds. The number of nitrogens with two attached hydrogens (primary N) is 1. The van der Waals surface area contributed by atoms with Crippen LogP contribution in [0.1, 0.15) is 22.0 Å². The Morgan fingerprint density at radius 1 is 1.35 bits per heavy atom. The molecule has 1 aromatic carbocycles. The summed E-state index contributed by atoms with van der Waals surface area (Å²) in [4.78, 5) is 1.00. The van der Waals surface area contributed by atoms with Crippen LogP contribution in [0.2, 0.25) is 5.02 Å². The van der Waals surface area contributed by atoms with Crippen molar-refractivity contribution in [3.05, 3.63) is 53.6 Å². The summed E-state index contributed by atoms with van der Waals surface area (Å²) in [6.45, 7) is 1.99. The molecule has 17 heavy (non-hydrogen) atoms. The van der Waals surface area contributed by atoms with Crippen LogP contribution in [-0.2, 0) is 0 Å². The van der Waals surface area contributed by atoms with Gasteiger partial charge in [0.1, 0.15) is 0 Å². The molecule has 0 aliphatic heterocycles. The second kappa shape index (κ2) is 5.41. The van der Waals surface area contributed by atoms with Crippen LogP contribution in [-0.4, -0.2) is 0 Å². The topological polar surface area (TPSA) is 26.0 Å². The van der Waals surface area contributed by atoms with Gasteiger partial charge in [-0.1, -0.05) is 43.5 Å². The first kappa shape index (κ1) is 13.6. The minimum Gasteiger partial charge on any atom is -0.320 e. The number of benzene rings is 1. The average molecular weight is 396 g/mol. The number of hydrogen-bond acceptors (Lipinski definition) is 2. The Balaban J connectivity index is 2.47. The number of hydrogen-bond donors (Lipinski definition) is 1. The van der Waals surface area contributed by atoms with Gasteiger partial charge < -0.3 is 5.73 Å². The zero-order chi connectivity index (χ0) is 12.6. The van der Waals surface area contributed by atoms with E-state index < -0.39 is 0 Å². The van der Waals surface area contributed by atoms with Crippen LogP contribution >= 0.6 is 54.8 Å². The van der Waals surface area contributed by atoms with Gasteiger partial charge in [-0.2, -0.15) is 0 Å². The number of halogens is 3. The molecule has 1 atom stereocenters. The Morgan fingerprint density at radius 3 is 2.65 bits per heavy atom. The van der Waals surface area contributed by atoms with Crippen molar-refractivity contribution in [2.45, 2.75) is 13.0 Å². The quantitative estimate of drug-likeness (QED) is 0.735. The second-order valence-electron chi connectivity index (χ2n) is 3.74. The Kier molecular flexibility index (Phi) is 4.31. The van der Waals surface area contributed by atoms with E-state index >= 15 is 0 Å². The molecule has 0 radical (unpaired) electrons. The van der Waals surface area contributed by atoms with Crippen molar-refractivity contribution in [1.82, 2.24) is 0 Å². The Morgan fingerprint density at radius 2 is 2.06 bits per heavy atom. The van der Waals surface area contributed by atoms with Gasteiger partial charge in [0.05, 0.1) is 11.1 Å². The van der Waals surface area contributed by atoms with Crippen LogP contribution in [0.5, 0.6) is 0 Å². The molecule has 2 aromatic rings. The maximum atomic E-state index is 6.28. The first-order chi connectivity index (χ1) is 8.00. The Labute approximate surface area is 126 Å². The van der Waals surface area contributed by atoms with Crippen molar-refractivity contribution in [1.29, 1.82) is 0 Å². The van der Waals surface area contributed by atoms with Crippen LogP contribution in [0, 0.1) is 6.92 Å². The lowest BCUT2D eigenvalue weighted by Gasteiger charge is -2.13. The van der Waals surface area contributed by atoms with E-state index in [4.69, 9.17) is 17.3 Å². The molecule has 0 fully saturated rings. The predicted molar refractivity (Wildman–Crippen MR) is 81.9 cm³/mol. The summed E-state index contributed by atoms with van der Waals surface area (Å²) in [5.74, 6) is 0. The lowest BCUT2D eigenvalue weighted by atomic mass is 10.1. The van der Waals surface area contributed by atoms with E-state index in [9.17, 15) is 0 Å². The summed E-state index contributed by atoms with van der Waals surface area (Å²) >= 11 is 14.8. The van der Waals surface area contributed by atoms with Gasteiger partial charge in [0.2, 0.25) is 0 Å². The van der Waals surface area contributed by atoms with E-state index in [1.54, 1.807) is 11.3 Å². The van der Waals surface area contributed by atoms with Crippen molar-refractivity contribution in [3.63, 3.8) is 0 Å². The molecule has 1 heterocycles. The largest absolute Gasteiger partial charge is 0.320 e. The maximum Gasteiger partial charge on any atom is 0.0672 e. The standard InChI is InChI=1S/C12H10Br2ClNS/c1-6-5-17-12(10(6)15)11(16)8-4-7(13)2-3-9(8)14/h2-5,11H,16H2,1H3. The van der Waals surface area contributed by atoms with Crippen molar-refractivity contribution in [2.24, 2.45) is 5.73 Å². The summed E-state index contributed by atoms with van der Waals surface area (Å²) in [5, 5.41) is 2.80. The van der Waals surface area contributed by atoms with E-state index in [1.165, 1.54) is 0 Å². The van der Waals surface area contributed by atoms with Crippen LogP contribution in [0.3, 0.4) is 0 Å². The molecule has 0 saturated carbocycles. The SMILES string of the molecule is Cc1csc(C(N)c2cc(Br)ccc2Br)c1Cl. The van der Waals surface area contributed by atoms with Gasteiger partial charge in [-0.15, -0.1) is 11.3 Å². The summed E-state index contributed by atoms with van der Waals surface area (Å²) < 4.78 is 2.01. The zero-order valence-corrected chi connectivity index (χ0v) is 13.8. The molecular weight excluding hydrogens is 385 g/mol. The number of thiophene rings is 1. The van der Waals surface area contributed by atoms with Crippen LogP contribution in [0.25, 0.3) is 0 Å². The second-order valence-corrected chi connectivity index (χ2v) is 6.80. The van der Waals surface area contributed by atoms with E-state index in [-0.39, 0.29) is 6.04 Å². The highest BCUT2D eigenvalue weighted by atomic mass is 79.9. The highest BCUT2D eigenvalue weighted by Gasteiger charge is 2.18. The van der Waals surface area contributed by atoms with Crippen LogP contribution in [0.15, 0.2) is 32.5 Å². The van der Waals surface area contributed by atoms with Gasteiger partial charge in [-0.3, -0.25) is 0 Å². The molecule has 0 bridgehead atoms. The van der Waals surface area contributed by atoms with E-state index in [0.29, 0.717) is 0 Å². The molecule has 0 aliphatic rings. The van der Waals surface area contributed by atoms with E-state index in [1.807, 2.05) is 30.5 Å². The molecule has 1 nitrogen and oxygen atoms in total.